The number of nitrogens with one attached hydrogen (secondary N) is 3. The molecule has 27 nitrogen and oxygen atoms in total. The number of aliphatic hydroxyl groups is 2. The molecule has 0 unspecified atom stereocenters. The highest BCUT2D eigenvalue weighted by Crippen LogP contribution is 2.31. The number of thioether (sulfide) groups is 3. The van der Waals surface area contributed by atoms with E-state index in [1.165, 1.54) is 40.2 Å². The fourth-order valence-electron chi connectivity index (χ4n) is 13.1. The molecule has 0 aliphatic carbocycles. The number of fused-ring (bicyclic) bond motifs is 4. The quantitative estimate of drug-likeness (QED) is 0.0457. The number of nitrogens with zero attached hydrogens (tertiary/aromatic N) is 6. The molecule has 0 aromatic heterocycles. The van der Waals surface area contributed by atoms with Gasteiger partial charge >= 0.3 is 17.9 Å². The Bertz CT molecular complexity index is 3140. The van der Waals surface area contributed by atoms with Crippen molar-refractivity contribution in [3.05, 3.63) is 83.1 Å². The van der Waals surface area contributed by atoms with Gasteiger partial charge in [0.25, 0.3) is 0 Å². The largest absolute Gasteiger partial charge is 0.512 e. The topological polar surface area (TPSA) is 388 Å². The maximum atomic E-state index is 15.0. The summed E-state index contributed by atoms with van der Waals surface area (Å²) in [5.74, 6) is -8.40. The van der Waals surface area contributed by atoms with Gasteiger partial charge in [0.1, 0.15) is 35.7 Å². The zero-order chi connectivity index (χ0) is 73.5. The van der Waals surface area contributed by atoms with Crippen LogP contribution in [0.25, 0.3) is 0 Å². The standard InChI is InChI=1S/C71H104N10O17S3/c1-4-5-7-15-55(84)36-53-45-100-43-51-32-50(42-99-31-12-16-56(85)39-77-25-23-76(38-47(2)82)24-27-78(40-63(88)89)29-30-79(28-26-77)41-64(90)91)33-52(34-51)44-101-46-54(71(97)98)37-61(86)58(35-49-13-8-6-9-14-49)74-66(92)57(19-20-62(72)87)73-68(94)65(48(3)83)75-67(93)59-17-10-21-80(59)70(96)60-18-11-22-81(60)69(53)95/h6,8-9,13-14,32-34,48,53-54,57-60,65,82-83H,2,4-5,7,10-12,15-31,35-46H2,1,3H3,(H2,72,87)(H,73,94)(H,74,92)(H,75,93)(H,88,89)(H,90,91)(H,97,98)/t48-,53+,54+,57+,58+,59+,60+,65+/m1/s1. The molecule has 2 aromatic rings. The predicted octanol–water partition coefficient (Wildman–Crippen LogP) is 3.35. The Morgan fingerprint density at radius 2 is 1.18 bits per heavy atom. The molecule has 558 valence electrons. The summed E-state index contributed by atoms with van der Waals surface area (Å²) in [6.07, 6.45) is 1.91. The Kier molecular flexibility index (Phi) is 35.5. The lowest BCUT2D eigenvalue weighted by molar-refractivity contribution is -0.148. The highest BCUT2D eigenvalue weighted by atomic mass is 32.2. The lowest BCUT2D eigenvalue weighted by atomic mass is 9.95. The van der Waals surface area contributed by atoms with Crippen molar-refractivity contribution in [3.63, 3.8) is 0 Å². The van der Waals surface area contributed by atoms with Gasteiger partial charge in [-0.3, -0.25) is 77.1 Å². The number of hydrogen-bond donors (Lipinski definition) is 9. The Morgan fingerprint density at radius 1 is 0.624 bits per heavy atom. The fraction of sp³-hybridized carbons (Fsp3) is 0.634. The van der Waals surface area contributed by atoms with E-state index in [0.29, 0.717) is 113 Å². The number of carbonyl (C=O) groups is 12. The van der Waals surface area contributed by atoms with E-state index in [1.54, 1.807) is 51.9 Å². The Labute approximate surface area is 604 Å². The molecule has 0 radical (unpaired) electrons. The van der Waals surface area contributed by atoms with E-state index in [0.717, 1.165) is 29.5 Å². The fourth-order valence-corrected chi connectivity index (χ4v) is 16.1. The number of benzene rings is 2. The van der Waals surface area contributed by atoms with Crippen molar-refractivity contribution in [3.8, 4) is 0 Å². The summed E-state index contributed by atoms with van der Waals surface area (Å²) < 4.78 is 0. The van der Waals surface area contributed by atoms with Crippen molar-refractivity contribution in [1.82, 2.24) is 45.3 Å². The summed E-state index contributed by atoms with van der Waals surface area (Å²) >= 11 is 4.38. The molecule has 101 heavy (non-hydrogen) atoms. The number of aliphatic hydroxyl groups excluding tert-OH is 2. The molecular weight excluding hydrogens is 1360 g/mol. The van der Waals surface area contributed by atoms with Crippen LogP contribution in [0.2, 0.25) is 0 Å². The number of nitrogens with two attached hydrogens (primary N) is 1. The number of hydrogen-bond acceptors (Lipinski definition) is 21. The number of Topliss-reactive ketones (excluding diaryl/α,β-unsaturated/α-hetero) is 3. The number of rotatable bonds is 27. The predicted molar refractivity (Wildman–Crippen MR) is 385 cm³/mol. The number of ketones is 3. The zero-order valence-corrected chi connectivity index (χ0v) is 60.8. The Hall–Kier alpha value is -6.93. The summed E-state index contributed by atoms with van der Waals surface area (Å²) in [6, 6.07) is 8.12. The minimum absolute atomic E-state index is 0.0104. The maximum Gasteiger partial charge on any atom is 0.317 e. The third-order valence-corrected chi connectivity index (χ3v) is 21.9. The molecule has 2 bridgehead atoms. The summed E-state index contributed by atoms with van der Waals surface area (Å²) in [6.45, 7) is 9.98. The maximum absolute atomic E-state index is 15.0. The van der Waals surface area contributed by atoms with Crippen molar-refractivity contribution in [2.45, 2.75) is 164 Å². The molecular formula is C71H104N10O17S3. The molecule has 10 N–H and O–H groups in total. The van der Waals surface area contributed by atoms with Crippen molar-refractivity contribution in [1.29, 1.82) is 0 Å². The van der Waals surface area contributed by atoms with Gasteiger partial charge < -0.3 is 57.0 Å². The molecule has 4 heterocycles. The molecule has 0 saturated carbocycles. The van der Waals surface area contributed by atoms with Gasteiger partial charge in [-0.1, -0.05) is 74.9 Å². The van der Waals surface area contributed by atoms with Gasteiger partial charge in [-0.2, -0.15) is 35.3 Å². The zero-order valence-electron chi connectivity index (χ0n) is 58.3. The summed E-state index contributed by atoms with van der Waals surface area (Å²) in [5, 5.41) is 58.9. The van der Waals surface area contributed by atoms with E-state index in [4.69, 9.17) is 5.73 Å². The van der Waals surface area contributed by atoms with E-state index in [2.05, 4.69) is 28.6 Å². The van der Waals surface area contributed by atoms with E-state index >= 15 is 0 Å². The van der Waals surface area contributed by atoms with Gasteiger partial charge in [0.15, 0.2) is 5.78 Å². The number of unbranched alkanes of at least 4 members (excludes halogenated alkanes) is 2. The first-order valence-corrected chi connectivity index (χ1v) is 38.6. The van der Waals surface area contributed by atoms with Crippen molar-refractivity contribution in [2.24, 2.45) is 17.6 Å². The average Bonchev–Trinajstić information content (AvgIpc) is 1.68. The number of carbonyl (C=O) groups excluding carboxylic acids is 9. The van der Waals surface area contributed by atoms with Gasteiger partial charge in [-0.15, -0.1) is 0 Å². The van der Waals surface area contributed by atoms with Gasteiger partial charge in [0.2, 0.25) is 35.4 Å². The van der Waals surface area contributed by atoms with E-state index in [1.807, 2.05) is 28.9 Å². The third-order valence-electron chi connectivity index (χ3n) is 18.5. The van der Waals surface area contributed by atoms with Crippen molar-refractivity contribution in [2.75, 3.05) is 109 Å². The van der Waals surface area contributed by atoms with Crippen molar-refractivity contribution >= 4 is 106 Å². The molecule has 0 spiro atoms. The van der Waals surface area contributed by atoms with Crippen molar-refractivity contribution < 1.29 is 83.1 Å². The smallest absolute Gasteiger partial charge is 0.317 e. The number of primary amides is 1. The van der Waals surface area contributed by atoms with Crippen LogP contribution in [-0.4, -0.2) is 271 Å². The first-order valence-electron chi connectivity index (χ1n) is 35.1. The second kappa shape index (κ2) is 43.2. The van der Waals surface area contributed by atoms with E-state index < -0.39 is 114 Å². The minimum Gasteiger partial charge on any atom is -0.512 e. The molecule has 6 amide bonds. The minimum atomic E-state index is -1.69. The van der Waals surface area contributed by atoms with Gasteiger partial charge in [0, 0.05) is 126 Å². The highest BCUT2D eigenvalue weighted by Gasteiger charge is 2.45. The van der Waals surface area contributed by atoms with E-state index in [-0.39, 0.29) is 113 Å². The molecule has 3 fully saturated rings. The SMILES string of the molecule is C=C(O)CN1CCN(CC(=O)O)CCN(CC(=O)O)CCN(CC(=O)CCCSCc2cc3cc(c2)CSC[C@H](CC(=O)CCCCC)C(=O)N2CCC[C@H]2C(=O)N2CCC[C@H]2C(=O)N[C@@H]([C@@H](C)O)C(=O)N[C@@H](CCC(N)=O)C(=O)N[C@@H](Cc2ccccc2)C(=O)C[C@H](C(=O)O)CSC3)CC1. The lowest BCUT2D eigenvalue weighted by Gasteiger charge is -2.33. The molecule has 4 aliphatic rings. The summed E-state index contributed by atoms with van der Waals surface area (Å²) in [5.41, 5.74) is 8.81. The second-order valence-electron chi connectivity index (χ2n) is 26.9. The molecule has 30 heteroatoms. The van der Waals surface area contributed by atoms with Crippen LogP contribution in [0.5, 0.6) is 0 Å². The Morgan fingerprint density at radius 3 is 1.74 bits per heavy atom. The van der Waals surface area contributed by atoms with Crippen LogP contribution in [0, 0.1) is 11.8 Å². The molecule has 2 aromatic carbocycles. The van der Waals surface area contributed by atoms with Crippen LogP contribution < -0.4 is 21.7 Å². The molecule has 3 saturated heterocycles. The average molecular weight is 1470 g/mol. The van der Waals surface area contributed by atoms with Crippen LogP contribution in [0.4, 0.5) is 0 Å². The van der Waals surface area contributed by atoms with Gasteiger partial charge in [-0.25, -0.2) is 0 Å². The van der Waals surface area contributed by atoms with Crippen LogP contribution in [0.1, 0.15) is 126 Å². The van der Waals surface area contributed by atoms with Crippen LogP contribution in [0.15, 0.2) is 60.9 Å². The van der Waals surface area contributed by atoms with Gasteiger partial charge in [-0.05, 0) is 86.3 Å². The first-order chi connectivity index (χ1) is 48.3. The second-order valence-corrected chi connectivity index (χ2v) is 30.0. The van der Waals surface area contributed by atoms with Gasteiger partial charge in [0.05, 0.1) is 55.9 Å². The third kappa shape index (κ3) is 29.0. The van der Waals surface area contributed by atoms with Crippen LogP contribution >= 0.6 is 35.3 Å². The summed E-state index contributed by atoms with van der Waals surface area (Å²) in [7, 11) is 0. The number of aliphatic carboxylic acids is 3. The number of carboxylic acid groups (broad SMARTS) is 3. The molecule has 8 atom stereocenters. The number of amides is 6. The van der Waals surface area contributed by atoms with Crippen LogP contribution in [0.3, 0.4) is 0 Å². The summed E-state index contributed by atoms with van der Waals surface area (Å²) in [4.78, 5) is 174. The molecule has 4 aliphatic heterocycles. The van der Waals surface area contributed by atoms with Crippen LogP contribution in [-0.2, 0) is 81.2 Å². The highest BCUT2D eigenvalue weighted by molar-refractivity contribution is 7.99. The lowest BCUT2D eigenvalue weighted by Crippen LogP contribution is -2.61. The first kappa shape index (κ1) is 83.0. The number of carboxylic acids is 3. The monoisotopic (exact) mass is 1460 g/mol. The normalized spacial score (nSPS) is 23.5. The molecule has 6 rings (SSSR count). The van der Waals surface area contributed by atoms with E-state index in [9.17, 15) is 83.1 Å². The Balaban J connectivity index is 1.26.